The van der Waals surface area contributed by atoms with Crippen molar-refractivity contribution in [1.82, 2.24) is 5.32 Å². The Morgan fingerprint density at radius 2 is 1.73 bits per heavy atom. The van der Waals surface area contributed by atoms with Crippen molar-refractivity contribution < 1.29 is 14.6 Å². The first-order valence-corrected chi connectivity index (χ1v) is 7.46. The van der Waals surface area contributed by atoms with Crippen LogP contribution in [-0.2, 0) is 10.2 Å². The first-order chi connectivity index (χ1) is 9.98. The highest BCUT2D eigenvalue weighted by Crippen LogP contribution is 2.30. The largest absolute Gasteiger partial charge is 0.507 e. The van der Waals surface area contributed by atoms with Gasteiger partial charge >= 0.3 is 6.09 Å². The van der Waals surface area contributed by atoms with Crippen molar-refractivity contribution in [3.63, 3.8) is 0 Å². The van der Waals surface area contributed by atoms with Crippen LogP contribution in [0.15, 0.2) is 12.1 Å². The fourth-order valence-electron chi connectivity index (χ4n) is 2.18. The molecule has 0 saturated carbocycles. The zero-order chi connectivity index (χ0) is 17.1. The van der Waals surface area contributed by atoms with Crippen LogP contribution in [0.2, 0.25) is 0 Å². The number of phenolic OH excluding ortho intramolecular Hbond substituents is 1. The smallest absolute Gasteiger partial charge is 0.407 e. The average Bonchev–Trinajstić information content (AvgIpc) is 2.39. The van der Waals surface area contributed by atoms with E-state index in [1.807, 2.05) is 53.7 Å². The molecule has 1 aromatic rings. The van der Waals surface area contributed by atoms with Gasteiger partial charge in [-0.2, -0.15) is 0 Å². The Morgan fingerprint density at radius 3 is 2.14 bits per heavy atom. The topological polar surface area (TPSA) is 84.6 Å². The lowest BCUT2D eigenvalue weighted by atomic mass is 9.81. The van der Waals surface area contributed by atoms with E-state index >= 15 is 0 Å². The number of rotatable bonds is 4. The standard InChI is InChI=1S/C17H28N2O3/c1-11-7-13(8-12(2)14(11)20)17(6,9-18)10-19-15(21)22-16(3,4)5/h7-8,20H,9-10,18H2,1-6H3,(H,19,21). The minimum Gasteiger partial charge on any atom is -0.507 e. The highest BCUT2D eigenvalue weighted by molar-refractivity contribution is 5.68. The maximum absolute atomic E-state index is 11.8. The number of aryl methyl sites for hydroxylation is 2. The molecule has 22 heavy (non-hydrogen) atoms. The van der Waals surface area contributed by atoms with Gasteiger partial charge in [-0.15, -0.1) is 0 Å². The number of ether oxygens (including phenoxy) is 1. The molecule has 0 fully saturated rings. The molecule has 0 aromatic heterocycles. The van der Waals surface area contributed by atoms with Crippen molar-refractivity contribution in [1.29, 1.82) is 0 Å². The Bertz CT molecular complexity index is 526. The van der Waals surface area contributed by atoms with E-state index in [4.69, 9.17) is 10.5 Å². The minimum atomic E-state index is -0.533. The molecule has 1 rings (SSSR count). The average molecular weight is 308 g/mol. The van der Waals surface area contributed by atoms with Crippen molar-refractivity contribution in [2.24, 2.45) is 5.73 Å². The first-order valence-electron chi connectivity index (χ1n) is 7.46. The molecule has 1 atom stereocenters. The second-order valence-electron chi connectivity index (χ2n) is 7.08. The molecule has 4 N–H and O–H groups in total. The quantitative estimate of drug-likeness (QED) is 0.798. The monoisotopic (exact) mass is 308 g/mol. The highest BCUT2D eigenvalue weighted by atomic mass is 16.6. The molecule has 1 unspecified atom stereocenters. The lowest BCUT2D eigenvalue weighted by Gasteiger charge is -2.30. The number of benzene rings is 1. The summed E-state index contributed by atoms with van der Waals surface area (Å²) in [5.41, 5.74) is 7.55. The van der Waals surface area contributed by atoms with Crippen LogP contribution in [0.1, 0.15) is 44.4 Å². The lowest BCUT2D eigenvalue weighted by molar-refractivity contribution is 0.0516. The van der Waals surface area contributed by atoms with Crippen LogP contribution in [0.4, 0.5) is 4.79 Å². The van der Waals surface area contributed by atoms with Crippen LogP contribution in [0, 0.1) is 13.8 Å². The number of carbonyl (C=O) groups excluding carboxylic acids is 1. The summed E-state index contributed by atoms with van der Waals surface area (Å²) >= 11 is 0. The molecule has 5 heteroatoms. The molecule has 0 aliphatic heterocycles. The summed E-state index contributed by atoms with van der Waals surface area (Å²) < 4.78 is 5.25. The van der Waals surface area contributed by atoms with Crippen LogP contribution >= 0.6 is 0 Å². The van der Waals surface area contributed by atoms with Gasteiger partial charge in [0.25, 0.3) is 0 Å². The maximum Gasteiger partial charge on any atom is 0.407 e. The van der Waals surface area contributed by atoms with Gasteiger partial charge in [0, 0.05) is 18.5 Å². The van der Waals surface area contributed by atoms with Crippen molar-refractivity contribution >= 4 is 6.09 Å². The molecular formula is C17H28N2O3. The summed E-state index contributed by atoms with van der Waals surface area (Å²) in [5.74, 6) is 0.295. The van der Waals surface area contributed by atoms with Gasteiger partial charge in [-0.25, -0.2) is 4.79 Å². The molecule has 0 bridgehead atoms. The van der Waals surface area contributed by atoms with E-state index in [1.54, 1.807) is 0 Å². The normalized spacial score (nSPS) is 14.3. The number of amides is 1. The molecule has 0 aliphatic rings. The van der Waals surface area contributed by atoms with Gasteiger partial charge < -0.3 is 20.9 Å². The summed E-state index contributed by atoms with van der Waals surface area (Å²) in [5, 5.41) is 12.7. The number of hydrogen-bond donors (Lipinski definition) is 3. The summed E-state index contributed by atoms with van der Waals surface area (Å²) in [6.07, 6.45) is -0.459. The molecule has 1 aromatic carbocycles. The van der Waals surface area contributed by atoms with Gasteiger partial charge in [0.15, 0.2) is 0 Å². The number of nitrogens with one attached hydrogen (secondary N) is 1. The highest BCUT2D eigenvalue weighted by Gasteiger charge is 2.28. The van der Waals surface area contributed by atoms with E-state index in [0.717, 1.165) is 16.7 Å². The minimum absolute atomic E-state index is 0.295. The lowest BCUT2D eigenvalue weighted by Crippen LogP contribution is -2.45. The fourth-order valence-corrected chi connectivity index (χ4v) is 2.18. The summed E-state index contributed by atoms with van der Waals surface area (Å²) in [7, 11) is 0. The van der Waals surface area contributed by atoms with Crippen molar-refractivity contribution in [2.45, 2.75) is 52.6 Å². The van der Waals surface area contributed by atoms with Gasteiger partial charge in [-0.1, -0.05) is 19.1 Å². The van der Waals surface area contributed by atoms with Crippen LogP contribution in [0.3, 0.4) is 0 Å². The molecule has 0 heterocycles. The van der Waals surface area contributed by atoms with Crippen molar-refractivity contribution in [3.8, 4) is 5.75 Å². The first kappa shape index (κ1) is 18.3. The van der Waals surface area contributed by atoms with Gasteiger partial charge in [0.2, 0.25) is 0 Å². The number of aromatic hydroxyl groups is 1. The molecule has 0 spiro atoms. The number of carbonyl (C=O) groups is 1. The van der Waals surface area contributed by atoms with Gasteiger partial charge in [-0.3, -0.25) is 0 Å². The summed E-state index contributed by atoms with van der Waals surface area (Å²) in [6.45, 7) is 11.9. The van der Waals surface area contributed by atoms with Gasteiger partial charge in [-0.05, 0) is 51.3 Å². The van der Waals surface area contributed by atoms with E-state index in [9.17, 15) is 9.90 Å². The SMILES string of the molecule is Cc1cc(C(C)(CN)CNC(=O)OC(C)(C)C)cc(C)c1O. The Morgan fingerprint density at radius 1 is 1.23 bits per heavy atom. The molecule has 124 valence electrons. The third-order valence-electron chi connectivity index (χ3n) is 3.66. The molecule has 1 amide bonds. The van der Waals surface area contributed by atoms with Gasteiger partial charge in [0.1, 0.15) is 11.4 Å². The number of nitrogens with two attached hydrogens (primary N) is 1. The molecule has 0 aliphatic carbocycles. The van der Waals surface area contributed by atoms with Crippen LogP contribution < -0.4 is 11.1 Å². The summed E-state index contributed by atoms with van der Waals surface area (Å²) in [4.78, 5) is 11.8. The maximum atomic E-state index is 11.8. The van der Waals surface area contributed by atoms with E-state index in [2.05, 4.69) is 5.32 Å². The Hall–Kier alpha value is -1.75. The Labute approximate surface area is 132 Å². The van der Waals surface area contributed by atoms with Gasteiger partial charge in [0.05, 0.1) is 0 Å². The Balaban J connectivity index is 2.91. The number of alkyl carbamates (subject to hydrolysis) is 1. The van der Waals surface area contributed by atoms with E-state index in [-0.39, 0.29) is 0 Å². The number of hydrogen-bond acceptors (Lipinski definition) is 4. The van der Waals surface area contributed by atoms with Crippen molar-refractivity contribution in [2.75, 3.05) is 13.1 Å². The van der Waals surface area contributed by atoms with Crippen LogP contribution in [0.5, 0.6) is 5.75 Å². The zero-order valence-corrected chi connectivity index (χ0v) is 14.4. The Kier molecular flexibility index (Phi) is 5.46. The van der Waals surface area contributed by atoms with E-state index in [0.29, 0.717) is 18.8 Å². The second-order valence-corrected chi connectivity index (χ2v) is 7.08. The second kappa shape index (κ2) is 6.57. The molecule has 5 nitrogen and oxygen atoms in total. The number of phenols is 1. The predicted molar refractivity (Wildman–Crippen MR) is 88.2 cm³/mol. The van der Waals surface area contributed by atoms with Crippen LogP contribution in [0.25, 0.3) is 0 Å². The molecular weight excluding hydrogens is 280 g/mol. The fraction of sp³-hybridized carbons (Fsp3) is 0.588. The third kappa shape index (κ3) is 4.63. The molecule has 0 saturated heterocycles. The zero-order valence-electron chi connectivity index (χ0n) is 14.4. The third-order valence-corrected chi connectivity index (χ3v) is 3.66. The van der Waals surface area contributed by atoms with E-state index < -0.39 is 17.1 Å². The summed E-state index contributed by atoms with van der Waals surface area (Å²) in [6, 6.07) is 3.82. The predicted octanol–water partition coefficient (Wildman–Crippen LogP) is 2.75. The molecule has 0 radical (unpaired) electrons. The van der Waals surface area contributed by atoms with Crippen molar-refractivity contribution in [3.05, 3.63) is 28.8 Å². The van der Waals surface area contributed by atoms with Crippen LogP contribution in [-0.4, -0.2) is 29.9 Å². The van der Waals surface area contributed by atoms with E-state index in [1.165, 1.54) is 0 Å².